The van der Waals surface area contributed by atoms with Gasteiger partial charge in [0, 0.05) is 11.8 Å². The van der Waals surface area contributed by atoms with E-state index in [2.05, 4.69) is 20.3 Å². The van der Waals surface area contributed by atoms with Crippen molar-refractivity contribution < 1.29 is 4.79 Å². The monoisotopic (exact) mass is 314 g/mol. The first-order valence-electron chi connectivity index (χ1n) is 7.60. The molecule has 0 aliphatic rings. The molecule has 116 valence electrons. The second-order valence-electron chi connectivity index (χ2n) is 5.59. The van der Waals surface area contributed by atoms with E-state index in [1.54, 1.807) is 24.4 Å². The molecule has 1 amide bonds. The molecule has 0 radical (unpaired) electrons. The number of nitrogens with one attached hydrogen (secondary N) is 1. The van der Waals surface area contributed by atoms with Crippen LogP contribution in [-0.2, 0) is 0 Å². The van der Waals surface area contributed by atoms with Gasteiger partial charge in [-0.3, -0.25) is 4.79 Å². The number of carbonyl (C=O) groups excluding carboxylic acids is 1. The summed E-state index contributed by atoms with van der Waals surface area (Å²) in [5.74, 6) is 0.304. The van der Waals surface area contributed by atoms with Gasteiger partial charge in [-0.1, -0.05) is 18.2 Å². The number of pyridine rings is 1. The number of aromatic nitrogens is 3. The third-order valence-electron chi connectivity index (χ3n) is 3.75. The van der Waals surface area contributed by atoms with Gasteiger partial charge in [0.15, 0.2) is 0 Å². The molecule has 0 aliphatic carbocycles. The average molecular weight is 314 g/mol. The molecule has 0 aliphatic heterocycles. The minimum Gasteiger partial charge on any atom is -0.307 e. The second kappa shape index (κ2) is 5.70. The number of benzene rings is 2. The highest BCUT2D eigenvalue weighted by Gasteiger charge is 2.09. The Labute approximate surface area is 138 Å². The van der Waals surface area contributed by atoms with Crippen molar-refractivity contribution in [1.82, 2.24) is 15.0 Å². The lowest BCUT2D eigenvalue weighted by Gasteiger charge is -2.06. The number of hydrogen-bond donors (Lipinski definition) is 1. The smallest absolute Gasteiger partial charge is 0.256 e. The van der Waals surface area contributed by atoms with E-state index in [0.717, 1.165) is 22.1 Å². The third-order valence-corrected chi connectivity index (χ3v) is 3.75. The quantitative estimate of drug-likeness (QED) is 0.572. The van der Waals surface area contributed by atoms with Gasteiger partial charge in [-0.2, -0.15) is 0 Å². The standard InChI is InChI=1S/C19H14N4O/c1-12-6-9-18(20-11-12)23-19(24)13-7-8-16-17(10-13)22-15-5-3-2-4-14(15)21-16/h2-11H,1H3,(H,20,23,24). The zero-order valence-corrected chi connectivity index (χ0v) is 13.0. The lowest BCUT2D eigenvalue weighted by atomic mass is 10.1. The fourth-order valence-corrected chi connectivity index (χ4v) is 2.49. The minimum absolute atomic E-state index is 0.219. The first-order chi connectivity index (χ1) is 11.7. The largest absolute Gasteiger partial charge is 0.307 e. The summed E-state index contributed by atoms with van der Waals surface area (Å²) in [6.45, 7) is 1.95. The van der Waals surface area contributed by atoms with Gasteiger partial charge in [-0.05, 0) is 48.9 Å². The molecule has 2 aromatic heterocycles. The summed E-state index contributed by atoms with van der Waals surface area (Å²) in [7, 11) is 0. The molecule has 0 fully saturated rings. The molecule has 0 atom stereocenters. The van der Waals surface area contributed by atoms with E-state index in [1.165, 1.54) is 0 Å². The van der Waals surface area contributed by atoms with Crippen molar-refractivity contribution in [3.05, 3.63) is 71.9 Å². The fraction of sp³-hybridized carbons (Fsp3) is 0.0526. The maximum absolute atomic E-state index is 12.4. The summed E-state index contributed by atoms with van der Waals surface area (Å²) >= 11 is 0. The van der Waals surface area contributed by atoms with Gasteiger partial charge in [0.25, 0.3) is 5.91 Å². The molecule has 0 bridgehead atoms. The Morgan fingerprint density at radius 1 is 0.875 bits per heavy atom. The van der Waals surface area contributed by atoms with Crippen molar-refractivity contribution in [1.29, 1.82) is 0 Å². The van der Waals surface area contributed by atoms with E-state index < -0.39 is 0 Å². The predicted molar refractivity (Wildman–Crippen MR) is 94.0 cm³/mol. The zero-order chi connectivity index (χ0) is 16.5. The second-order valence-corrected chi connectivity index (χ2v) is 5.59. The van der Waals surface area contributed by atoms with Crippen LogP contribution in [0.15, 0.2) is 60.8 Å². The molecule has 1 N–H and O–H groups in total. The first kappa shape index (κ1) is 14.3. The van der Waals surface area contributed by atoms with Gasteiger partial charge >= 0.3 is 0 Å². The number of carbonyl (C=O) groups is 1. The van der Waals surface area contributed by atoms with E-state index in [-0.39, 0.29) is 5.91 Å². The molecule has 0 saturated carbocycles. The molecule has 24 heavy (non-hydrogen) atoms. The lowest BCUT2D eigenvalue weighted by Crippen LogP contribution is -2.13. The number of para-hydroxylation sites is 2. The number of hydrogen-bond acceptors (Lipinski definition) is 4. The summed E-state index contributed by atoms with van der Waals surface area (Å²) in [6.07, 6.45) is 1.72. The van der Waals surface area contributed by atoms with Crippen LogP contribution in [0.3, 0.4) is 0 Å². The van der Waals surface area contributed by atoms with Crippen molar-refractivity contribution in [3.8, 4) is 0 Å². The summed E-state index contributed by atoms with van der Waals surface area (Å²) < 4.78 is 0. The van der Waals surface area contributed by atoms with Crippen molar-refractivity contribution in [3.63, 3.8) is 0 Å². The zero-order valence-electron chi connectivity index (χ0n) is 13.0. The van der Waals surface area contributed by atoms with Crippen molar-refractivity contribution in [2.75, 3.05) is 5.32 Å². The van der Waals surface area contributed by atoms with E-state index in [9.17, 15) is 4.79 Å². The average Bonchev–Trinajstić information content (AvgIpc) is 2.61. The molecule has 0 unspecified atom stereocenters. The number of anilines is 1. The van der Waals surface area contributed by atoms with Crippen LogP contribution in [0.4, 0.5) is 5.82 Å². The van der Waals surface area contributed by atoms with Crippen LogP contribution in [0, 0.1) is 6.92 Å². The van der Waals surface area contributed by atoms with Crippen LogP contribution >= 0.6 is 0 Å². The highest BCUT2D eigenvalue weighted by atomic mass is 16.1. The highest BCUT2D eigenvalue weighted by molar-refractivity contribution is 6.05. The van der Waals surface area contributed by atoms with Gasteiger partial charge < -0.3 is 5.32 Å². The molecule has 4 aromatic rings. The SMILES string of the molecule is Cc1ccc(NC(=O)c2ccc3nc4ccccc4nc3c2)nc1. The van der Waals surface area contributed by atoms with Crippen LogP contribution < -0.4 is 5.32 Å². The molecule has 5 nitrogen and oxygen atoms in total. The molecular formula is C19H14N4O. The van der Waals surface area contributed by atoms with Gasteiger partial charge in [-0.25, -0.2) is 15.0 Å². The third kappa shape index (κ3) is 2.67. The topological polar surface area (TPSA) is 67.8 Å². The highest BCUT2D eigenvalue weighted by Crippen LogP contribution is 2.18. The number of fused-ring (bicyclic) bond motifs is 2. The maximum Gasteiger partial charge on any atom is 0.256 e. The summed E-state index contributed by atoms with van der Waals surface area (Å²) in [5.41, 5.74) is 4.67. The first-order valence-corrected chi connectivity index (χ1v) is 7.60. The molecular weight excluding hydrogens is 300 g/mol. The van der Waals surface area contributed by atoms with Gasteiger partial charge in [-0.15, -0.1) is 0 Å². The molecule has 0 spiro atoms. The number of amides is 1. The van der Waals surface area contributed by atoms with E-state index in [0.29, 0.717) is 16.9 Å². The van der Waals surface area contributed by atoms with Crippen LogP contribution in [0.1, 0.15) is 15.9 Å². The summed E-state index contributed by atoms with van der Waals surface area (Å²) in [4.78, 5) is 25.7. The van der Waals surface area contributed by atoms with Crippen molar-refractivity contribution >= 4 is 33.8 Å². The number of nitrogens with zero attached hydrogens (tertiary/aromatic N) is 3. The summed E-state index contributed by atoms with van der Waals surface area (Å²) in [5, 5.41) is 2.79. The molecule has 0 saturated heterocycles. The number of aryl methyl sites for hydroxylation is 1. The predicted octanol–water partition coefficient (Wildman–Crippen LogP) is 3.74. The Kier molecular flexibility index (Phi) is 3.39. The van der Waals surface area contributed by atoms with Gasteiger partial charge in [0.2, 0.25) is 0 Å². The number of rotatable bonds is 2. The Bertz CT molecular complexity index is 1060. The van der Waals surface area contributed by atoms with Crippen LogP contribution in [-0.4, -0.2) is 20.9 Å². The molecule has 4 rings (SSSR count). The molecule has 2 aromatic carbocycles. The fourth-order valence-electron chi connectivity index (χ4n) is 2.49. The normalized spacial score (nSPS) is 10.9. The Balaban J connectivity index is 1.69. The van der Waals surface area contributed by atoms with Gasteiger partial charge in [0.1, 0.15) is 5.82 Å². The van der Waals surface area contributed by atoms with Crippen molar-refractivity contribution in [2.45, 2.75) is 6.92 Å². The van der Waals surface area contributed by atoms with Crippen LogP contribution in [0.5, 0.6) is 0 Å². The minimum atomic E-state index is -0.219. The van der Waals surface area contributed by atoms with Crippen LogP contribution in [0.2, 0.25) is 0 Å². The Morgan fingerprint density at radius 3 is 2.29 bits per heavy atom. The summed E-state index contributed by atoms with van der Waals surface area (Å²) in [6, 6.07) is 16.7. The van der Waals surface area contributed by atoms with E-state index in [4.69, 9.17) is 0 Å². The molecule has 2 heterocycles. The van der Waals surface area contributed by atoms with Crippen molar-refractivity contribution in [2.24, 2.45) is 0 Å². The van der Waals surface area contributed by atoms with Gasteiger partial charge in [0.05, 0.1) is 22.1 Å². The molecule has 5 heteroatoms. The van der Waals surface area contributed by atoms with Crippen LogP contribution in [0.25, 0.3) is 22.1 Å². The maximum atomic E-state index is 12.4. The van der Waals surface area contributed by atoms with E-state index in [1.807, 2.05) is 43.3 Å². The Morgan fingerprint density at radius 2 is 1.58 bits per heavy atom. The Hall–Kier alpha value is -3.34. The lowest BCUT2D eigenvalue weighted by molar-refractivity contribution is 0.102. The van der Waals surface area contributed by atoms with E-state index >= 15 is 0 Å².